The Morgan fingerprint density at radius 3 is 1.47 bits per heavy atom. The molecule has 2 aliphatic heterocycles. The molecule has 186 valence electrons. The van der Waals surface area contributed by atoms with Crippen LogP contribution in [0, 0.1) is 11.8 Å². The lowest BCUT2D eigenvalue weighted by Crippen LogP contribution is -2.47. The Bertz CT molecular complexity index is 1230. The Labute approximate surface area is 205 Å². The van der Waals surface area contributed by atoms with Crippen LogP contribution in [0.25, 0.3) is 0 Å². The van der Waals surface area contributed by atoms with E-state index in [1.165, 1.54) is 14.2 Å². The van der Waals surface area contributed by atoms with Crippen molar-refractivity contribution in [2.45, 2.75) is 23.7 Å². The topological polar surface area (TPSA) is 124 Å². The zero-order valence-corrected chi connectivity index (χ0v) is 19.5. The fourth-order valence-corrected chi connectivity index (χ4v) is 6.45. The van der Waals surface area contributed by atoms with Crippen molar-refractivity contribution in [1.29, 1.82) is 0 Å². The van der Waals surface area contributed by atoms with E-state index in [9.17, 15) is 19.2 Å². The molecule has 2 saturated carbocycles. The van der Waals surface area contributed by atoms with E-state index in [0.29, 0.717) is 34.1 Å². The van der Waals surface area contributed by atoms with E-state index in [1.807, 2.05) is 0 Å². The van der Waals surface area contributed by atoms with Crippen molar-refractivity contribution in [3.05, 3.63) is 47.5 Å². The molecular weight excluding hydrogens is 472 g/mol. The summed E-state index contributed by atoms with van der Waals surface area (Å²) < 4.78 is 32.0. The number of hydrogen-bond acceptors (Lipinski definition) is 10. The fraction of sp³-hybridized carbons (Fsp3) is 0.385. The highest BCUT2D eigenvalue weighted by atomic mass is 16.7. The first-order valence-electron chi connectivity index (χ1n) is 11.4. The van der Waals surface area contributed by atoms with Gasteiger partial charge in [-0.1, -0.05) is 12.1 Å². The molecule has 0 N–H and O–H groups in total. The molecule has 0 spiro atoms. The van der Waals surface area contributed by atoms with Crippen molar-refractivity contribution >= 4 is 23.5 Å². The highest BCUT2D eigenvalue weighted by Gasteiger charge is 2.74. The van der Waals surface area contributed by atoms with Crippen molar-refractivity contribution in [3.63, 3.8) is 0 Å². The molecule has 4 atom stereocenters. The van der Waals surface area contributed by atoms with E-state index in [0.717, 1.165) is 0 Å². The predicted molar refractivity (Wildman–Crippen MR) is 119 cm³/mol. The van der Waals surface area contributed by atoms with Crippen LogP contribution in [0.5, 0.6) is 23.0 Å². The molecular formula is C26H22O10. The second-order valence-corrected chi connectivity index (χ2v) is 9.20. The number of hydrogen-bond donors (Lipinski definition) is 0. The molecule has 0 radical (unpaired) electrons. The molecule has 0 saturated heterocycles. The number of ether oxygens (including phenoxy) is 6. The van der Waals surface area contributed by atoms with Crippen molar-refractivity contribution < 1.29 is 47.6 Å². The van der Waals surface area contributed by atoms with Crippen LogP contribution in [0.3, 0.4) is 0 Å². The summed E-state index contributed by atoms with van der Waals surface area (Å²) in [5.74, 6) is -2.45. The van der Waals surface area contributed by atoms with Crippen LogP contribution in [-0.2, 0) is 39.5 Å². The third-order valence-electron chi connectivity index (χ3n) is 7.96. The van der Waals surface area contributed by atoms with Crippen LogP contribution >= 0.6 is 0 Å². The smallest absolute Gasteiger partial charge is 0.324 e. The van der Waals surface area contributed by atoms with Gasteiger partial charge in [-0.25, -0.2) is 0 Å². The standard InChI is InChI=1S/C26H22O10/c1-31-23(29)25(13-3-5-17-19(7-13)35-11-33-17)15-9-22(28)26(24(30)32-2,16(15)10-21(25)27)14-4-6-18-20(8-14)36-12-34-18/h3-8,15-16H,9-12H2,1-2H3/t15-,16-,25-,26-/m0/s1. The molecule has 4 aliphatic rings. The van der Waals surface area contributed by atoms with Crippen LogP contribution in [0.15, 0.2) is 36.4 Å². The average molecular weight is 494 g/mol. The van der Waals surface area contributed by atoms with E-state index >= 15 is 0 Å². The minimum Gasteiger partial charge on any atom is -0.468 e. The molecule has 36 heavy (non-hydrogen) atoms. The molecule has 2 aromatic carbocycles. The van der Waals surface area contributed by atoms with Crippen LogP contribution in [-0.4, -0.2) is 51.3 Å². The number of benzene rings is 2. The van der Waals surface area contributed by atoms with E-state index < -0.39 is 46.2 Å². The maximum absolute atomic E-state index is 13.9. The summed E-state index contributed by atoms with van der Waals surface area (Å²) in [6.45, 7) is 0.0239. The number of esters is 2. The minimum atomic E-state index is -1.80. The minimum absolute atomic E-state index is 0.0120. The van der Waals surface area contributed by atoms with Gasteiger partial charge in [0.15, 0.2) is 45.4 Å². The van der Waals surface area contributed by atoms with Gasteiger partial charge in [-0.3, -0.25) is 19.2 Å². The Kier molecular flexibility index (Phi) is 4.79. The van der Waals surface area contributed by atoms with Gasteiger partial charge in [0.1, 0.15) is 0 Å². The van der Waals surface area contributed by atoms with E-state index in [2.05, 4.69) is 0 Å². The summed E-state index contributed by atoms with van der Waals surface area (Å²) in [4.78, 5) is 54.6. The molecule has 10 heteroatoms. The Balaban J connectivity index is 1.55. The van der Waals surface area contributed by atoms with Crippen LogP contribution in [0.2, 0.25) is 0 Å². The van der Waals surface area contributed by atoms with Gasteiger partial charge in [0.05, 0.1) is 14.2 Å². The third-order valence-corrected chi connectivity index (χ3v) is 7.96. The first-order valence-corrected chi connectivity index (χ1v) is 11.4. The maximum Gasteiger partial charge on any atom is 0.324 e. The first kappa shape index (κ1) is 22.4. The zero-order chi connectivity index (χ0) is 25.2. The van der Waals surface area contributed by atoms with Gasteiger partial charge in [0.25, 0.3) is 0 Å². The summed E-state index contributed by atoms with van der Waals surface area (Å²) in [6.07, 6.45) is -0.410. The summed E-state index contributed by atoms with van der Waals surface area (Å²) in [5.41, 5.74) is -2.95. The maximum atomic E-state index is 13.9. The average Bonchev–Trinajstić information content (AvgIpc) is 3.65. The molecule has 0 bridgehead atoms. The molecule has 2 aliphatic carbocycles. The van der Waals surface area contributed by atoms with Gasteiger partial charge >= 0.3 is 11.9 Å². The van der Waals surface area contributed by atoms with Crippen LogP contribution < -0.4 is 18.9 Å². The second-order valence-electron chi connectivity index (χ2n) is 9.20. The number of rotatable bonds is 4. The van der Waals surface area contributed by atoms with Gasteiger partial charge in [-0.05, 0) is 47.2 Å². The van der Waals surface area contributed by atoms with E-state index in [1.54, 1.807) is 36.4 Å². The Morgan fingerprint density at radius 1 is 0.694 bits per heavy atom. The van der Waals surface area contributed by atoms with Gasteiger partial charge in [-0.15, -0.1) is 0 Å². The Hall–Kier alpha value is -4.08. The van der Waals surface area contributed by atoms with Crippen molar-refractivity contribution in [3.8, 4) is 23.0 Å². The zero-order valence-electron chi connectivity index (χ0n) is 19.5. The highest BCUT2D eigenvalue weighted by molar-refractivity contribution is 6.18. The summed E-state index contributed by atoms with van der Waals surface area (Å²) in [6, 6.07) is 9.59. The molecule has 6 rings (SSSR count). The molecule has 2 fully saturated rings. The molecule has 2 aromatic rings. The lowest BCUT2D eigenvalue weighted by Gasteiger charge is -2.33. The molecule has 0 aromatic heterocycles. The van der Waals surface area contributed by atoms with Gasteiger partial charge < -0.3 is 28.4 Å². The number of fused-ring (bicyclic) bond motifs is 3. The molecule has 10 nitrogen and oxygen atoms in total. The largest absolute Gasteiger partial charge is 0.468 e. The SMILES string of the molecule is COC(=O)[C@]1(c2ccc3c(c2)OCO3)C(=O)C[C@H]2[C@@H]1CC(=O)[C@]2(C(=O)OC)c1ccc2c(c1)OCO2. The number of methoxy groups -OCH3 is 2. The van der Waals surface area contributed by atoms with Crippen LogP contribution in [0.4, 0.5) is 0 Å². The van der Waals surface area contributed by atoms with Gasteiger partial charge in [0, 0.05) is 12.8 Å². The predicted octanol–water partition coefficient (Wildman–Crippen LogP) is 1.84. The van der Waals surface area contributed by atoms with Crippen LogP contribution in [0.1, 0.15) is 24.0 Å². The molecule has 0 unspecified atom stereocenters. The lowest BCUT2D eigenvalue weighted by atomic mass is 9.67. The first-order chi connectivity index (χ1) is 17.4. The monoisotopic (exact) mass is 494 g/mol. The number of carbonyl (C=O) groups excluding carboxylic acids is 4. The number of carbonyl (C=O) groups is 4. The van der Waals surface area contributed by atoms with Crippen molar-refractivity contribution in [2.75, 3.05) is 27.8 Å². The molecule has 0 amide bonds. The summed E-state index contributed by atoms with van der Waals surface area (Å²) in [5, 5.41) is 0. The molecule has 2 heterocycles. The number of ketones is 2. The summed E-state index contributed by atoms with van der Waals surface area (Å²) in [7, 11) is 2.39. The highest BCUT2D eigenvalue weighted by Crippen LogP contribution is 2.62. The number of Topliss-reactive ketones (excluding diaryl/α,β-unsaturated/α-hetero) is 2. The van der Waals surface area contributed by atoms with E-state index in [-0.39, 0.29) is 26.4 Å². The van der Waals surface area contributed by atoms with Gasteiger partial charge in [-0.2, -0.15) is 0 Å². The second kappa shape index (κ2) is 7.71. The fourth-order valence-electron chi connectivity index (χ4n) is 6.45. The van der Waals surface area contributed by atoms with Crippen molar-refractivity contribution in [1.82, 2.24) is 0 Å². The normalized spacial score (nSPS) is 29.3. The lowest BCUT2D eigenvalue weighted by molar-refractivity contribution is -0.154. The summed E-state index contributed by atoms with van der Waals surface area (Å²) >= 11 is 0. The van der Waals surface area contributed by atoms with E-state index in [4.69, 9.17) is 28.4 Å². The Morgan fingerprint density at radius 2 is 1.08 bits per heavy atom. The quantitative estimate of drug-likeness (QED) is 0.459. The van der Waals surface area contributed by atoms with Gasteiger partial charge in [0.2, 0.25) is 13.6 Å². The third kappa shape index (κ3) is 2.61. The van der Waals surface area contributed by atoms with Crippen molar-refractivity contribution in [2.24, 2.45) is 11.8 Å².